The minimum absolute atomic E-state index is 0.00313. The highest BCUT2D eigenvalue weighted by Crippen LogP contribution is 2.26. The lowest BCUT2D eigenvalue weighted by Gasteiger charge is -2.31. The summed E-state index contributed by atoms with van der Waals surface area (Å²) in [5.41, 5.74) is 3.54. The number of carbonyl (C=O) groups excluding carboxylic acids is 2. The van der Waals surface area contributed by atoms with Gasteiger partial charge in [-0.3, -0.25) is 9.69 Å². The highest BCUT2D eigenvalue weighted by atomic mass is 32.2. The fraction of sp³-hybridized carbons (Fsp3) is 0.344. The number of nitrogens with one attached hydrogen (secondary N) is 1. The first-order valence-corrected chi connectivity index (χ1v) is 17.0. The molecule has 5 rings (SSSR count). The van der Waals surface area contributed by atoms with Crippen molar-refractivity contribution >= 4 is 49.3 Å². The Labute approximate surface area is 265 Å². The Hall–Kier alpha value is -3.91. The molecule has 0 unspecified atom stereocenters. The first-order valence-electron chi connectivity index (χ1n) is 14.6. The SMILES string of the molecule is CC[C@H](C)CN(C[C@@H](O)[C@H](Cc1ccccc1)NC(=O)[C@@H]1CN(c2ccc(F)cc2)C(=O)O1)S(=O)(=O)c1ccc2ncsc2c1. The summed E-state index contributed by atoms with van der Waals surface area (Å²) in [6.07, 6.45) is -2.35. The van der Waals surface area contributed by atoms with Crippen molar-refractivity contribution in [3.05, 3.63) is 89.7 Å². The first-order chi connectivity index (χ1) is 21.5. The Bertz CT molecular complexity index is 1740. The monoisotopic (exact) mass is 654 g/mol. The van der Waals surface area contributed by atoms with Crippen molar-refractivity contribution in [2.75, 3.05) is 24.5 Å². The van der Waals surface area contributed by atoms with E-state index >= 15 is 0 Å². The van der Waals surface area contributed by atoms with Gasteiger partial charge in [-0.15, -0.1) is 11.3 Å². The van der Waals surface area contributed by atoms with Gasteiger partial charge in [-0.1, -0.05) is 50.6 Å². The molecule has 1 fully saturated rings. The van der Waals surface area contributed by atoms with Crippen molar-refractivity contribution in [2.24, 2.45) is 5.92 Å². The van der Waals surface area contributed by atoms with Crippen LogP contribution in [0.15, 0.2) is 83.2 Å². The molecule has 45 heavy (non-hydrogen) atoms. The lowest BCUT2D eigenvalue weighted by atomic mass is 10.0. The number of rotatable bonds is 13. The number of halogens is 1. The maximum atomic E-state index is 14.0. The van der Waals surface area contributed by atoms with Gasteiger partial charge in [0.05, 0.1) is 39.3 Å². The summed E-state index contributed by atoms with van der Waals surface area (Å²) in [5.74, 6) is -1.11. The minimum Gasteiger partial charge on any atom is -0.434 e. The number of aliphatic hydroxyl groups excluding tert-OH is 1. The molecule has 1 aromatic heterocycles. The van der Waals surface area contributed by atoms with Gasteiger partial charge in [-0.2, -0.15) is 4.31 Å². The third-order valence-electron chi connectivity index (χ3n) is 7.88. The second-order valence-corrected chi connectivity index (χ2v) is 14.0. The van der Waals surface area contributed by atoms with Crippen molar-refractivity contribution in [1.29, 1.82) is 0 Å². The zero-order valence-corrected chi connectivity index (χ0v) is 26.5. The highest BCUT2D eigenvalue weighted by molar-refractivity contribution is 7.89. The Kier molecular flexibility index (Phi) is 10.1. The number of amides is 2. The van der Waals surface area contributed by atoms with Crippen molar-refractivity contribution in [3.8, 4) is 0 Å². The first kappa shape index (κ1) is 32.5. The van der Waals surface area contributed by atoms with E-state index < -0.39 is 46.1 Å². The molecule has 0 saturated carbocycles. The maximum Gasteiger partial charge on any atom is 0.415 e. The average molecular weight is 655 g/mol. The zero-order valence-electron chi connectivity index (χ0n) is 24.9. The number of hydrogen-bond acceptors (Lipinski definition) is 8. The number of benzene rings is 3. The Morgan fingerprint density at radius 3 is 2.60 bits per heavy atom. The second kappa shape index (κ2) is 14.0. The van der Waals surface area contributed by atoms with Gasteiger partial charge in [-0.25, -0.2) is 22.6 Å². The predicted octanol–water partition coefficient (Wildman–Crippen LogP) is 4.59. The van der Waals surface area contributed by atoms with Crippen LogP contribution in [-0.4, -0.2) is 72.7 Å². The van der Waals surface area contributed by atoms with Gasteiger partial charge in [0.25, 0.3) is 5.91 Å². The number of aliphatic hydroxyl groups is 1. The summed E-state index contributed by atoms with van der Waals surface area (Å²) in [6.45, 7) is 3.67. The highest BCUT2D eigenvalue weighted by Gasteiger charge is 2.39. The van der Waals surface area contributed by atoms with E-state index in [9.17, 15) is 27.5 Å². The molecular weight excluding hydrogens is 620 g/mol. The number of nitrogens with zero attached hydrogens (tertiary/aromatic N) is 3. The van der Waals surface area contributed by atoms with E-state index in [0.717, 1.165) is 16.7 Å². The van der Waals surface area contributed by atoms with Gasteiger partial charge >= 0.3 is 6.09 Å². The third kappa shape index (κ3) is 7.67. The number of carbonyl (C=O) groups is 2. The molecule has 0 aliphatic carbocycles. The quantitative estimate of drug-likeness (QED) is 0.216. The van der Waals surface area contributed by atoms with Gasteiger partial charge in [-0.05, 0) is 60.4 Å². The fourth-order valence-corrected chi connectivity index (χ4v) is 7.48. The molecule has 10 nitrogen and oxygen atoms in total. The van der Waals surface area contributed by atoms with E-state index in [4.69, 9.17) is 4.74 Å². The van der Waals surface area contributed by atoms with Crippen LogP contribution in [0.25, 0.3) is 10.2 Å². The number of cyclic esters (lactones) is 1. The van der Waals surface area contributed by atoms with Crippen LogP contribution in [0, 0.1) is 11.7 Å². The van der Waals surface area contributed by atoms with Crippen LogP contribution in [0.2, 0.25) is 0 Å². The number of sulfonamides is 1. The lowest BCUT2D eigenvalue weighted by molar-refractivity contribution is -0.129. The normalized spacial score (nSPS) is 17.3. The molecule has 1 saturated heterocycles. The molecule has 2 heterocycles. The van der Waals surface area contributed by atoms with Crippen LogP contribution in [-0.2, 0) is 26.0 Å². The molecule has 2 amide bonds. The smallest absolute Gasteiger partial charge is 0.415 e. The largest absolute Gasteiger partial charge is 0.434 e. The van der Waals surface area contributed by atoms with Crippen LogP contribution >= 0.6 is 11.3 Å². The van der Waals surface area contributed by atoms with Gasteiger partial charge in [0.1, 0.15) is 5.82 Å². The molecule has 4 atom stereocenters. The average Bonchev–Trinajstić information content (AvgIpc) is 3.67. The summed E-state index contributed by atoms with van der Waals surface area (Å²) in [4.78, 5) is 31.6. The molecule has 0 spiro atoms. The number of hydrogen-bond donors (Lipinski definition) is 2. The lowest BCUT2D eigenvalue weighted by Crippen LogP contribution is -2.53. The van der Waals surface area contributed by atoms with Gasteiger partial charge in [0, 0.05) is 18.8 Å². The Morgan fingerprint density at radius 2 is 1.89 bits per heavy atom. The van der Waals surface area contributed by atoms with Crippen LogP contribution in [0.3, 0.4) is 0 Å². The van der Waals surface area contributed by atoms with Crippen LogP contribution in [0.5, 0.6) is 0 Å². The molecule has 1 aliphatic rings. The summed E-state index contributed by atoms with van der Waals surface area (Å²) < 4.78 is 48.6. The molecule has 1 aliphatic heterocycles. The summed E-state index contributed by atoms with van der Waals surface area (Å²) in [6, 6.07) is 18.3. The molecule has 3 aromatic carbocycles. The minimum atomic E-state index is -4.03. The molecule has 0 radical (unpaired) electrons. The molecule has 2 N–H and O–H groups in total. The summed E-state index contributed by atoms with van der Waals surface area (Å²) >= 11 is 1.34. The van der Waals surface area contributed by atoms with E-state index in [1.54, 1.807) is 17.6 Å². The summed E-state index contributed by atoms with van der Waals surface area (Å²) in [5, 5.41) is 14.4. The van der Waals surface area contributed by atoms with Gasteiger partial charge in [0.2, 0.25) is 10.0 Å². The standard InChI is InChI=1S/C32H35FN4O6S2/c1-3-21(2)17-36(45(41,42)25-13-14-26-30(16-25)44-20-34-26)18-28(38)27(15-22-7-5-4-6-8-22)35-31(39)29-19-37(32(40)43-29)24-11-9-23(33)10-12-24/h4-14,16,20-21,27-29,38H,3,15,17-19H2,1-2H3,(H,35,39)/t21-,27-,28+,29-/m0/s1. The molecule has 0 bridgehead atoms. The molecule has 238 valence electrons. The van der Waals surface area contributed by atoms with Crippen LogP contribution in [0.1, 0.15) is 25.8 Å². The van der Waals surface area contributed by atoms with Crippen molar-refractivity contribution in [1.82, 2.24) is 14.6 Å². The zero-order chi connectivity index (χ0) is 32.1. The molecule has 4 aromatic rings. The number of aromatic nitrogens is 1. The van der Waals surface area contributed by atoms with Crippen molar-refractivity contribution < 1.29 is 32.2 Å². The predicted molar refractivity (Wildman–Crippen MR) is 170 cm³/mol. The third-order valence-corrected chi connectivity index (χ3v) is 10.5. The maximum absolute atomic E-state index is 14.0. The van der Waals surface area contributed by atoms with Gasteiger partial charge < -0.3 is 15.2 Å². The second-order valence-electron chi connectivity index (χ2n) is 11.1. The molecule has 13 heteroatoms. The Morgan fingerprint density at radius 1 is 1.16 bits per heavy atom. The van der Waals surface area contributed by atoms with E-state index in [1.165, 1.54) is 50.9 Å². The summed E-state index contributed by atoms with van der Waals surface area (Å²) in [7, 11) is -4.03. The Balaban J connectivity index is 1.37. The number of anilines is 1. The van der Waals surface area contributed by atoms with E-state index in [1.807, 2.05) is 44.2 Å². The fourth-order valence-electron chi connectivity index (χ4n) is 5.09. The van der Waals surface area contributed by atoms with Crippen LogP contribution < -0.4 is 10.2 Å². The van der Waals surface area contributed by atoms with E-state index in [0.29, 0.717) is 11.2 Å². The van der Waals surface area contributed by atoms with Crippen molar-refractivity contribution in [3.63, 3.8) is 0 Å². The van der Waals surface area contributed by atoms with Crippen molar-refractivity contribution in [2.45, 2.75) is 49.8 Å². The number of fused-ring (bicyclic) bond motifs is 1. The topological polar surface area (TPSA) is 129 Å². The van der Waals surface area contributed by atoms with Crippen LogP contribution in [0.4, 0.5) is 14.9 Å². The number of thiazole rings is 1. The number of ether oxygens (including phenoxy) is 1. The van der Waals surface area contributed by atoms with E-state index in [-0.39, 0.29) is 36.9 Å². The molecular formula is C32H35FN4O6S2. The van der Waals surface area contributed by atoms with E-state index in [2.05, 4.69) is 10.3 Å². The van der Waals surface area contributed by atoms with Gasteiger partial charge in [0.15, 0.2) is 6.10 Å².